The number of aliphatic hydroxyl groups excluding tert-OH is 2. The molecule has 8 nitrogen and oxygen atoms in total. The van der Waals surface area contributed by atoms with E-state index in [0.717, 1.165) is 22.1 Å². The molecular formula is C10H28CrN2O6. The summed E-state index contributed by atoms with van der Waals surface area (Å²) in [6.07, 6.45) is 0. The second-order valence-electron chi connectivity index (χ2n) is 5.88. The van der Waals surface area contributed by atoms with Crippen molar-refractivity contribution in [1.82, 2.24) is 0 Å². The van der Waals surface area contributed by atoms with Crippen molar-refractivity contribution in [2.75, 3.05) is 68.6 Å². The summed E-state index contributed by atoms with van der Waals surface area (Å²) < 4.78 is 36.1. The Morgan fingerprint density at radius 3 is 0.947 bits per heavy atom. The summed E-state index contributed by atoms with van der Waals surface area (Å²) in [7, 11) is 12.3. The molecule has 0 aromatic carbocycles. The molecule has 0 fully saturated rings. The van der Waals surface area contributed by atoms with Crippen molar-refractivity contribution >= 4 is 0 Å². The van der Waals surface area contributed by atoms with E-state index in [9.17, 15) is 0 Å². The van der Waals surface area contributed by atoms with Crippen LogP contribution >= 0.6 is 0 Å². The van der Waals surface area contributed by atoms with Crippen LogP contribution in [0.3, 0.4) is 0 Å². The Bertz CT molecular complexity index is 268. The average Bonchev–Trinajstić information content (AvgIpc) is 1.95. The summed E-state index contributed by atoms with van der Waals surface area (Å²) in [6, 6.07) is 0. The van der Waals surface area contributed by atoms with Gasteiger partial charge in [0.25, 0.3) is 0 Å². The number of hydrogen-bond donors (Lipinski definition) is 2. The van der Waals surface area contributed by atoms with Crippen LogP contribution in [0.4, 0.5) is 0 Å². The molecule has 0 unspecified atom stereocenters. The molecule has 0 saturated heterocycles. The molecule has 19 heavy (non-hydrogen) atoms. The quantitative estimate of drug-likeness (QED) is 0.524. The first-order chi connectivity index (χ1) is 8.12. The van der Waals surface area contributed by atoms with E-state index >= 15 is 0 Å². The summed E-state index contributed by atoms with van der Waals surface area (Å²) in [4.78, 5) is 0. The van der Waals surface area contributed by atoms with E-state index in [1.807, 2.05) is 0 Å². The molecule has 2 N–H and O–H groups in total. The van der Waals surface area contributed by atoms with Crippen molar-refractivity contribution in [2.24, 2.45) is 0 Å². The predicted octanol–water partition coefficient (Wildman–Crippen LogP) is -3.25. The Kier molecular flexibility index (Phi) is 13.4. The maximum atomic E-state index is 8.59. The van der Waals surface area contributed by atoms with Crippen LogP contribution in [0.25, 0.3) is 0 Å². The molecule has 0 aliphatic carbocycles. The van der Waals surface area contributed by atoms with E-state index in [1.54, 1.807) is 0 Å². The van der Waals surface area contributed by atoms with Gasteiger partial charge in [-0.25, -0.2) is 0 Å². The first kappa shape index (κ1) is 23.9. The van der Waals surface area contributed by atoms with Gasteiger partial charge in [0.15, 0.2) is 0 Å². The summed E-state index contributed by atoms with van der Waals surface area (Å²) in [6.45, 7) is 2.23. The van der Waals surface area contributed by atoms with Gasteiger partial charge in [-0.15, -0.1) is 0 Å². The molecule has 0 aromatic rings. The van der Waals surface area contributed by atoms with Gasteiger partial charge in [-0.2, -0.15) is 0 Å². The SMILES string of the molecule is C[N+](C)(C)CCO.C[N+](C)(C)CCO.[O]=[Cr](=[O])([O-])[O-]. The molecule has 0 aliphatic heterocycles. The van der Waals surface area contributed by atoms with Crippen molar-refractivity contribution in [1.29, 1.82) is 0 Å². The van der Waals surface area contributed by atoms with Crippen LogP contribution in [-0.2, 0) is 21.2 Å². The van der Waals surface area contributed by atoms with Crippen LogP contribution in [0, 0.1) is 0 Å². The van der Waals surface area contributed by atoms with E-state index < -0.39 is 13.6 Å². The van der Waals surface area contributed by atoms with Crippen LogP contribution in [0.2, 0.25) is 0 Å². The number of likely N-dealkylation sites (N-methyl/N-ethyl adjacent to an activating group) is 2. The predicted molar refractivity (Wildman–Crippen MR) is 61.3 cm³/mol. The fourth-order valence-corrected chi connectivity index (χ4v) is 0.600. The Morgan fingerprint density at radius 2 is 0.947 bits per heavy atom. The number of rotatable bonds is 4. The molecule has 0 aromatic heterocycles. The molecule has 0 bridgehead atoms. The molecule has 0 rings (SSSR count). The van der Waals surface area contributed by atoms with Gasteiger partial charge in [0.2, 0.25) is 0 Å². The van der Waals surface area contributed by atoms with Crippen LogP contribution in [0.1, 0.15) is 0 Å². The number of nitrogens with zero attached hydrogens (tertiary/aromatic N) is 2. The average molecular weight is 324 g/mol. The number of aliphatic hydroxyl groups is 2. The normalized spacial score (nSPS) is 11.9. The second kappa shape index (κ2) is 10.7. The van der Waals surface area contributed by atoms with Crippen molar-refractivity contribution in [3.8, 4) is 0 Å². The summed E-state index contributed by atoms with van der Waals surface area (Å²) in [5, 5.41) is 16.8. The molecule has 0 heterocycles. The summed E-state index contributed by atoms with van der Waals surface area (Å²) in [5.74, 6) is 0. The first-order valence-electron chi connectivity index (χ1n) is 5.61. The number of quaternary nitrogens is 2. The molecule has 0 radical (unpaired) electrons. The van der Waals surface area contributed by atoms with Gasteiger partial charge in [0.1, 0.15) is 13.1 Å². The van der Waals surface area contributed by atoms with Crippen molar-refractivity contribution in [2.45, 2.75) is 0 Å². The molecule has 120 valence electrons. The molecule has 9 heteroatoms. The third-order valence-corrected chi connectivity index (χ3v) is 1.54. The fourth-order valence-electron chi connectivity index (χ4n) is 0.600. The van der Waals surface area contributed by atoms with Gasteiger partial charge >= 0.3 is 29.5 Å². The molecule has 0 aliphatic rings. The maximum absolute atomic E-state index is 8.59. The van der Waals surface area contributed by atoms with E-state index in [0.29, 0.717) is 0 Å². The van der Waals surface area contributed by atoms with Crippen molar-refractivity contribution in [3.05, 3.63) is 0 Å². The molecule has 0 spiro atoms. The van der Waals surface area contributed by atoms with E-state index in [-0.39, 0.29) is 13.2 Å². The zero-order valence-corrected chi connectivity index (χ0v) is 13.9. The van der Waals surface area contributed by atoms with Crippen molar-refractivity contribution < 1.29 is 48.7 Å². The molecular weight excluding hydrogens is 296 g/mol. The number of hydrogen-bond acceptors (Lipinski definition) is 6. The van der Waals surface area contributed by atoms with Gasteiger partial charge < -0.3 is 19.2 Å². The summed E-state index contributed by atoms with van der Waals surface area (Å²) >= 11 is -5.75. The zero-order valence-electron chi connectivity index (χ0n) is 12.7. The van der Waals surface area contributed by atoms with Gasteiger partial charge in [-0.3, -0.25) is 0 Å². The van der Waals surface area contributed by atoms with Crippen LogP contribution in [0.15, 0.2) is 0 Å². The standard InChI is InChI=1S/2C5H14NO.Cr.4O/c2*1-6(2,3)4-5-7;;;;;/h2*7H,4-5H2,1-3H3;;;;;/q2*+1;;;;2*-1. The Hall–Kier alpha value is -0.108. The minimum absolute atomic E-state index is 0.281. The monoisotopic (exact) mass is 324 g/mol. The van der Waals surface area contributed by atoms with Crippen LogP contribution in [0.5, 0.6) is 0 Å². The minimum atomic E-state index is -5.75. The Balaban J connectivity index is -0.000000206. The first-order valence-corrected chi connectivity index (χ1v) is 7.70. The Labute approximate surface area is 118 Å². The Morgan fingerprint density at radius 1 is 0.789 bits per heavy atom. The second-order valence-corrected chi connectivity index (χ2v) is 7.16. The van der Waals surface area contributed by atoms with Gasteiger partial charge in [-0.05, 0) is 0 Å². The van der Waals surface area contributed by atoms with Crippen molar-refractivity contribution in [3.63, 3.8) is 0 Å². The molecule has 0 amide bonds. The van der Waals surface area contributed by atoms with Gasteiger partial charge in [0, 0.05) is 0 Å². The third-order valence-electron chi connectivity index (χ3n) is 1.54. The van der Waals surface area contributed by atoms with E-state index in [1.165, 1.54) is 0 Å². The van der Waals surface area contributed by atoms with E-state index in [2.05, 4.69) is 42.3 Å². The molecule has 0 saturated carbocycles. The van der Waals surface area contributed by atoms with E-state index in [4.69, 9.17) is 26.1 Å². The third kappa shape index (κ3) is 72.5. The van der Waals surface area contributed by atoms with Crippen LogP contribution in [-0.4, -0.2) is 87.8 Å². The molecule has 0 atom stereocenters. The topological polar surface area (TPSA) is 121 Å². The summed E-state index contributed by atoms with van der Waals surface area (Å²) in [5.41, 5.74) is 0. The van der Waals surface area contributed by atoms with Gasteiger partial charge in [0.05, 0.1) is 55.5 Å². The van der Waals surface area contributed by atoms with Gasteiger partial charge in [-0.1, -0.05) is 0 Å². The zero-order chi connectivity index (χ0) is 16.3. The van der Waals surface area contributed by atoms with Crippen LogP contribution < -0.4 is 8.32 Å². The fraction of sp³-hybridized carbons (Fsp3) is 1.00.